The number of ether oxygens (including phenoxy) is 3. The van der Waals surface area contributed by atoms with Crippen molar-refractivity contribution in [1.82, 2.24) is 0 Å². The number of rotatable bonds is 3. The molecule has 0 aromatic heterocycles. The van der Waals surface area contributed by atoms with Gasteiger partial charge in [-0.3, -0.25) is 0 Å². The Labute approximate surface area is 103 Å². The van der Waals surface area contributed by atoms with Crippen LogP contribution < -0.4 is 4.74 Å². The van der Waals surface area contributed by atoms with Crippen LogP contribution in [0.15, 0.2) is 40.8 Å². The van der Waals surface area contributed by atoms with E-state index in [2.05, 4.69) is 15.9 Å². The molecule has 0 fully saturated rings. The number of halogens is 1. The maximum absolute atomic E-state index is 5.54. The van der Waals surface area contributed by atoms with Crippen LogP contribution in [-0.2, 0) is 9.47 Å². The van der Waals surface area contributed by atoms with Gasteiger partial charge in [-0.1, -0.05) is 15.9 Å². The van der Waals surface area contributed by atoms with Crippen molar-refractivity contribution in [2.24, 2.45) is 0 Å². The van der Waals surface area contributed by atoms with Gasteiger partial charge >= 0.3 is 0 Å². The van der Waals surface area contributed by atoms with Crippen molar-refractivity contribution in [3.63, 3.8) is 0 Å². The minimum absolute atomic E-state index is 0.380. The predicted octanol–water partition coefficient (Wildman–Crippen LogP) is 3.45. The molecule has 2 rings (SSSR count). The molecule has 1 aromatic carbocycles. The topological polar surface area (TPSA) is 27.7 Å². The first-order chi connectivity index (χ1) is 7.55. The molecule has 1 aromatic rings. The molecule has 1 aliphatic heterocycles. The molecule has 0 saturated heterocycles. The van der Waals surface area contributed by atoms with E-state index in [0.29, 0.717) is 12.4 Å². The molecule has 16 heavy (non-hydrogen) atoms. The Morgan fingerprint density at radius 3 is 2.50 bits per heavy atom. The molecule has 3 nitrogen and oxygen atoms in total. The van der Waals surface area contributed by atoms with Crippen LogP contribution in [0.25, 0.3) is 0 Å². The highest BCUT2D eigenvalue weighted by molar-refractivity contribution is 9.10. The molecule has 0 radical (unpaired) electrons. The standard InChI is InChI=1S/C12H13BrO3/c1-12(2)15-8-11(16-12)7-14-10-5-3-9(13)4-6-10/h3-6,8H,7H2,1-2H3. The van der Waals surface area contributed by atoms with Crippen molar-refractivity contribution >= 4 is 15.9 Å². The summed E-state index contributed by atoms with van der Waals surface area (Å²) in [5.41, 5.74) is 0. The van der Waals surface area contributed by atoms with Crippen LogP contribution in [0, 0.1) is 0 Å². The fourth-order valence-electron chi connectivity index (χ4n) is 1.32. The Morgan fingerprint density at radius 1 is 1.25 bits per heavy atom. The van der Waals surface area contributed by atoms with Crippen molar-refractivity contribution in [3.8, 4) is 5.75 Å². The molecule has 4 heteroatoms. The monoisotopic (exact) mass is 284 g/mol. The van der Waals surface area contributed by atoms with Gasteiger partial charge in [0.2, 0.25) is 5.79 Å². The van der Waals surface area contributed by atoms with E-state index in [0.717, 1.165) is 10.2 Å². The van der Waals surface area contributed by atoms with Crippen LogP contribution in [0.2, 0.25) is 0 Å². The summed E-state index contributed by atoms with van der Waals surface area (Å²) in [5, 5.41) is 0. The molecule has 0 saturated carbocycles. The van der Waals surface area contributed by atoms with Crippen molar-refractivity contribution in [3.05, 3.63) is 40.8 Å². The average Bonchev–Trinajstić information content (AvgIpc) is 2.58. The molecule has 0 spiro atoms. The Hall–Kier alpha value is -1.16. The number of benzene rings is 1. The van der Waals surface area contributed by atoms with E-state index in [4.69, 9.17) is 14.2 Å². The highest BCUT2D eigenvalue weighted by Gasteiger charge is 2.27. The second-order valence-corrected chi connectivity index (χ2v) is 4.86. The van der Waals surface area contributed by atoms with Gasteiger partial charge < -0.3 is 14.2 Å². The van der Waals surface area contributed by atoms with Crippen molar-refractivity contribution < 1.29 is 14.2 Å². The minimum Gasteiger partial charge on any atom is -0.486 e. The maximum Gasteiger partial charge on any atom is 0.244 e. The lowest BCUT2D eigenvalue weighted by Gasteiger charge is -2.18. The van der Waals surface area contributed by atoms with Crippen molar-refractivity contribution in [2.75, 3.05) is 6.61 Å². The van der Waals surface area contributed by atoms with E-state index in [1.807, 2.05) is 38.1 Å². The van der Waals surface area contributed by atoms with Crippen LogP contribution in [0.3, 0.4) is 0 Å². The SMILES string of the molecule is CC1(C)OC=C(COc2ccc(Br)cc2)O1. The normalized spacial score (nSPS) is 17.3. The second kappa shape index (κ2) is 4.37. The van der Waals surface area contributed by atoms with Gasteiger partial charge in [-0.15, -0.1) is 0 Å². The minimum atomic E-state index is -0.571. The Balaban J connectivity index is 1.87. The first-order valence-electron chi connectivity index (χ1n) is 4.99. The van der Waals surface area contributed by atoms with Gasteiger partial charge in [-0.05, 0) is 24.3 Å². The lowest BCUT2D eigenvalue weighted by Crippen LogP contribution is -2.21. The summed E-state index contributed by atoms with van der Waals surface area (Å²) in [6.45, 7) is 4.09. The zero-order valence-electron chi connectivity index (χ0n) is 9.20. The Bertz CT molecular complexity index is 395. The molecule has 0 amide bonds. The Morgan fingerprint density at radius 2 is 1.94 bits per heavy atom. The van der Waals surface area contributed by atoms with Crippen LogP contribution in [0.1, 0.15) is 13.8 Å². The van der Waals surface area contributed by atoms with Gasteiger partial charge in [-0.2, -0.15) is 0 Å². The van der Waals surface area contributed by atoms with Gasteiger partial charge in [0.1, 0.15) is 18.6 Å². The fraction of sp³-hybridized carbons (Fsp3) is 0.333. The lowest BCUT2D eigenvalue weighted by atomic mass is 10.3. The summed E-state index contributed by atoms with van der Waals surface area (Å²) in [5.74, 6) is 0.934. The summed E-state index contributed by atoms with van der Waals surface area (Å²) < 4.78 is 17.4. The highest BCUT2D eigenvalue weighted by atomic mass is 79.9. The van der Waals surface area contributed by atoms with E-state index in [-0.39, 0.29) is 0 Å². The number of hydrogen-bond acceptors (Lipinski definition) is 3. The van der Waals surface area contributed by atoms with Crippen LogP contribution >= 0.6 is 15.9 Å². The van der Waals surface area contributed by atoms with Crippen LogP contribution in [0.4, 0.5) is 0 Å². The van der Waals surface area contributed by atoms with Gasteiger partial charge in [-0.25, -0.2) is 0 Å². The third-order valence-electron chi connectivity index (χ3n) is 2.05. The third-order valence-corrected chi connectivity index (χ3v) is 2.57. The summed E-state index contributed by atoms with van der Waals surface area (Å²) >= 11 is 3.37. The Kier molecular flexibility index (Phi) is 3.10. The van der Waals surface area contributed by atoms with Gasteiger partial charge in [0.25, 0.3) is 0 Å². The quantitative estimate of drug-likeness (QED) is 0.851. The largest absolute Gasteiger partial charge is 0.486 e. The average molecular weight is 285 g/mol. The first-order valence-corrected chi connectivity index (χ1v) is 5.79. The van der Waals surface area contributed by atoms with Crippen molar-refractivity contribution in [1.29, 1.82) is 0 Å². The summed E-state index contributed by atoms with van der Waals surface area (Å²) in [6, 6.07) is 7.65. The fourth-order valence-corrected chi connectivity index (χ4v) is 1.58. The predicted molar refractivity (Wildman–Crippen MR) is 64.0 cm³/mol. The molecule has 86 valence electrons. The zero-order chi connectivity index (χ0) is 11.6. The lowest BCUT2D eigenvalue weighted by molar-refractivity contribution is -0.119. The molecule has 0 bridgehead atoms. The summed E-state index contributed by atoms with van der Waals surface area (Å²) in [6.07, 6.45) is 1.60. The molecule has 1 heterocycles. The molecule has 0 N–H and O–H groups in total. The number of hydrogen-bond donors (Lipinski definition) is 0. The molecular weight excluding hydrogens is 272 g/mol. The molecule has 0 atom stereocenters. The molecule has 0 aliphatic carbocycles. The summed E-state index contributed by atoms with van der Waals surface area (Å²) in [7, 11) is 0. The smallest absolute Gasteiger partial charge is 0.244 e. The summed E-state index contributed by atoms with van der Waals surface area (Å²) in [4.78, 5) is 0. The zero-order valence-corrected chi connectivity index (χ0v) is 10.8. The van der Waals surface area contributed by atoms with E-state index in [9.17, 15) is 0 Å². The van der Waals surface area contributed by atoms with Crippen LogP contribution in [0.5, 0.6) is 5.75 Å². The van der Waals surface area contributed by atoms with Gasteiger partial charge in [0.15, 0.2) is 5.76 Å². The van der Waals surface area contributed by atoms with E-state index in [1.54, 1.807) is 6.26 Å². The highest BCUT2D eigenvalue weighted by Crippen LogP contribution is 2.25. The van der Waals surface area contributed by atoms with E-state index < -0.39 is 5.79 Å². The molecule has 0 unspecified atom stereocenters. The molecular formula is C12H13BrO3. The maximum atomic E-state index is 5.54. The van der Waals surface area contributed by atoms with E-state index in [1.165, 1.54) is 0 Å². The van der Waals surface area contributed by atoms with Gasteiger partial charge in [0.05, 0.1) is 0 Å². The molecule has 1 aliphatic rings. The second-order valence-electron chi connectivity index (χ2n) is 3.95. The third kappa shape index (κ3) is 2.92. The van der Waals surface area contributed by atoms with E-state index >= 15 is 0 Å². The van der Waals surface area contributed by atoms with Crippen LogP contribution in [-0.4, -0.2) is 12.4 Å². The van der Waals surface area contributed by atoms with Crippen molar-refractivity contribution in [2.45, 2.75) is 19.6 Å². The first kappa shape index (κ1) is 11.3. The van der Waals surface area contributed by atoms with Gasteiger partial charge in [0, 0.05) is 18.3 Å².